The van der Waals surface area contributed by atoms with E-state index in [0.717, 1.165) is 23.9 Å². The molecule has 0 fully saturated rings. The van der Waals surface area contributed by atoms with E-state index in [9.17, 15) is 0 Å². The molecule has 0 aliphatic rings. The van der Waals surface area contributed by atoms with E-state index in [-0.39, 0.29) is 0 Å². The van der Waals surface area contributed by atoms with Crippen molar-refractivity contribution >= 4 is 34.4 Å². The molecule has 10 heavy (non-hydrogen) atoms. The van der Waals surface area contributed by atoms with Gasteiger partial charge in [0.25, 0.3) is 0 Å². The van der Waals surface area contributed by atoms with Crippen LogP contribution in [0.5, 0.6) is 0 Å². The van der Waals surface area contributed by atoms with E-state index in [1.165, 1.54) is 0 Å². The molecule has 0 radical (unpaired) electrons. The summed E-state index contributed by atoms with van der Waals surface area (Å²) in [6, 6.07) is 0. The SMILES string of the molecule is CCC[O][Sn]([Cl])([Cl])[CH2]CC. The minimum atomic E-state index is -2.96. The summed E-state index contributed by atoms with van der Waals surface area (Å²) in [5.41, 5.74) is 0. The van der Waals surface area contributed by atoms with Crippen molar-refractivity contribution in [1.82, 2.24) is 0 Å². The second kappa shape index (κ2) is 5.92. The first-order valence-corrected chi connectivity index (χ1v) is 14.1. The van der Waals surface area contributed by atoms with E-state index in [4.69, 9.17) is 20.9 Å². The zero-order chi connectivity index (χ0) is 8.04. The van der Waals surface area contributed by atoms with E-state index >= 15 is 0 Å². The van der Waals surface area contributed by atoms with Gasteiger partial charge in [0, 0.05) is 0 Å². The van der Waals surface area contributed by atoms with Crippen LogP contribution in [0.1, 0.15) is 26.7 Å². The van der Waals surface area contributed by atoms with Gasteiger partial charge in [-0.15, -0.1) is 0 Å². The molecule has 0 aromatic rings. The van der Waals surface area contributed by atoms with Crippen LogP contribution >= 0.6 is 17.8 Å². The third-order valence-electron chi connectivity index (χ3n) is 1.06. The molecule has 0 bridgehead atoms. The molecule has 0 aliphatic heterocycles. The molecule has 0 unspecified atom stereocenters. The van der Waals surface area contributed by atoms with Crippen molar-refractivity contribution in [1.29, 1.82) is 0 Å². The van der Waals surface area contributed by atoms with Gasteiger partial charge in [0.1, 0.15) is 0 Å². The summed E-state index contributed by atoms with van der Waals surface area (Å²) in [5, 5.41) is 0. The van der Waals surface area contributed by atoms with Crippen molar-refractivity contribution in [3.8, 4) is 0 Å². The van der Waals surface area contributed by atoms with Crippen LogP contribution < -0.4 is 0 Å². The van der Waals surface area contributed by atoms with Crippen molar-refractivity contribution in [3.63, 3.8) is 0 Å². The molecule has 1 nitrogen and oxygen atoms in total. The fourth-order valence-electron chi connectivity index (χ4n) is 0.615. The predicted octanol–water partition coefficient (Wildman–Crippen LogP) is 3.24. The number of hydrogen-bond donors (Lipinski definition) is 0. The zero-order valence-electron chi connectivity index (χ0n) is 6.49. The fourth-order valence-corrected chi connectivity index (χ4v) is 7.69. The van der Waals surface area contributed by atoms with Gasteiger partial charge in [-0.05, 0) is 0 Å². The molecule has 62 valence electrons. The van der Waals surface area contributed by atoms with Crippen LogP contribution in [0, 0.1) is 0 Å². The standard InChI is InChI=1S/C3H7O.C3H7.2ClH.Sn/c1-2-3-4;1-3-2;;;/h2-3H2,1H3;1,3H2,2H3;2*1H;/q-1;;;;+3/p-2. The first-order valence-electron chi connectivity index (χ1n) is 3.64. The Hall–Kier alpha value is 1.34. The van der Waals surface area contributed by atoms with Crippen molar-refractivity contribution in [3.05, 3.63) is 0 Å². The van der Waals surface area contributed by atoms with Gasteiger partial charge in [-0.1, -0.05) is 0 Å². The molecule has 0 N–H and O–H groups in total. The third-order valence-corrected chi connectivity index (χ3v) is 9.93. The molecule has 0 aliphatic carbocycles. The molecule has 0 saturated heterocycles. The summed E-state index contributed by atoms with van der Waals surface area (Å²) < 4.78 is 6.26. The van der Waals surface area contributed by atoms with Gasteiger partial charge in [0.05, 0.1) is 0 Å². The summed E-state index contributed by atoms with van der Waals surface area (Å²) in [7, 11) is 11.9. The van der Waals surface area contributed by atoms with Gasteiger partial charge in [0.15, 0.2) is 0 Å². The van der Waals surface area contributed by atoms with E-state index < -0.39 is 16.5 Å². The fraction of sp³-hybridized carbons (Fsp3) is 1.00. The normalized spacial score (nSPS) is 12.0. The monoisotopic (exact) mass is 292 g/mol. The van der Waals surface area contributed by atoms with Crippen molar-refractivity contribution < 1.29 is 3.07 Å². The van der Waals surface area contributed by atoms with Crippen LogP contribution in [0.4, 0.5) is 0 Å². The van der Waals surface area contributed by atoms with Gasteiger partial charge in [0.2, 0.25) is 0 Å². The van der Waals surface area contributed by atoms with E-state index in [0.29, 0.717) is 0 Å². The molecule has 0 rings (SSSR count). The first kappa shape index (κ1) is 11.3. The molecule has 0 aromatic heterocycles. The van der Waals surface area contributed by atoms with Crippen LogP contribution in [0.25, 0.3) is 0 Å². The van der Waals surface area contributed by atoms with E-state index in [2.05, 4.69) is 13.8 Å². The minimum absolute atomic E-state index is 0.725. The van der Waals surface area contributed by atoms with Crippen molar-refractivity contribution in [2.75, 3.05) is 6.61 Å². The molecule has 0 saturated carbocycles. The summed E-state index contributed by atoms with van der Waals surface area (Å²) in [6.07, 6.45) is 2.04. The molecule has 0 aromatic carbocycles. The first-order chi connectivity index (χ1) is 4.62. The molecular weight excluding hydrogens is 278 g/mol. The Morgan fingerprint density at radius 1 is 1.20 bits per heavy atom. The van der Waals surface area contributed by atoms with Gasteiger partial charge in [-0.2, -0.15) is 0 Å². The maximum atomic E-state index is 5.97. The van der Waals surface area contributed by atoms with Gasteiger partial charge in [-0.3, -0.25) is 0 Å². The number of hydrogen-bond acceptors (Lipinski definition) is 1. The second-order valence-corrected chi connectivity index (χ2v) is 17.6. The average Bonchev–Trinajstić information content (AvgIpc) is 1.84. The Bertz CT molecular complexity index is 87.8. The molecular formula is C6H14Cl2OSn. The topological polar surface area (TPSA) is 9.23 Å². The summed E-state index contributed by atoms with van der Waals surface area (Å²) in [4.78, 5) is 0. The average molecular weight is 292 g/mol. The Labute approximate surface area is 74.9 Å². The summed E-state index contributed by atoms with van der Waals surface area (Å²) in [5.74, 6) is 0. The quantitative estimate of drug-likeness (QED) is 0.707. The van der Waals surface area contributed by atoms with Crippen LogP contribution in [0.15, 0.2) is 0 Å². The summed E-state index contributed by atoms with van der Waals surface area (Å²) in [6.45, 7) is 4.86. The third kappa shape index (κ3) is 6.08. The predicted molar refractivity (Wildman–Crippen MR) is 48.8 cm³/mol. The maximum absolute atomic E-state index is 5.97. The van der Waals surface area contributed by atoms with Crippen LogP contribution in [-0.4, -0.2) is 23.1 Å². The summed E-state index contributed by atoms with van der Waals surface area (Å²) >= 11 is -2.96. The Balaban J connectivity index is 3.42. The van der Waals surface area contributed by atoms with E-state index in [1.54, 1.807) is 0 Å². The van der Waals surface area contributed by atoms with Gasteiger partial charge in [-0.25, -0.2) is 0 Å². The molecule has 4 heteroatoms. The molecule has 0 spiro atoms. The van der Waals surface area contributed by atoms with Gasteiger partial charge < -0.3 is 0 Å². The Kier molecular flexibility index (Phi) is 6.72. The van der Waals surface area contributed by atoms with E-state index in [1.807, 2.05) is 0 Å². The zero-order valence-corrected chi connectivity index (χ0v) is 10.9. The van der Waals surface area contributed by atoms with Crippen LogP contribution in [0.2, 0.25) is 4.44 Å². The molecule has 0 atom stereocenters. The van der Waals surface area contributed by atoms with Crippen LogP contribution in [0.3, 0.4) is 0 Å². The van der Waals surface area contributed by atoms with Crippen LogP contribution in [-0.2, 0) is 3.07 Å². The molecule has 0 amide bonds. The number of rotatable bonds is 5. The van der Waals surface area contributed by atoms with Crippen molar-refractivity contribution in [2.24, 2.45) is 0 Å². The molecule has 0 heterocycles. The Morgan fingerprint density at radius 3 is 2.20 bits per heavy atom. The van der Waals surface area contributed by atoms with Gasteiger partial charge >= 0.3 is 75.2 Å². The van der Waals surface area contributed by atoms with Crippen molar-refractivity contribution in [2.45, 2.75) is 31.1 Å². The Morgan fingerprint density at radius 2 is 1.80 bits per heavy atom. The number of halogens is 2. The second-order valence-electron chi connectivity index (χ2n) is 2.24.